The van der Waals surface area contributed by atoms with Crippen molar-refractivity contribution in [1.82, 2.24) is 0 Å². The molecule has 24 heavy (non-hydrogen) atoms. The second-order valence-corrected chi connectivity index (χ2v) is 6.23. The molecule has 0 saturated carbocycles. The summed E-state index contributed by atoms with van der Waals surface area (Å²) in [5.41, 5.74) is 8.21. The summed E-state index contributed by atoms with van der Waals surface area (Å²) in [7, 11) is 0. The normalized spacial score (nSPS) is 10.2. The molecule has 0 unspecified atom stereocenters. The van der Waals surface area contributed by atoms with Crippen molar-refractivity contribution in [1.29, 1.82) is 0 Å². The van der Waals surface area contributed by atoms with Crippen LogP contribution in [0.3, 0.4) is 0 Å². The predicted molar refractivity (Wildman–Crippen MR) is 111 cm³/mol. The van der Waals surface area contributed by atoms with Crippen molar-refractivity contribution in [2.45, 2.75) is 55.4 Å². The molecule has 0 aliphatic carbocycles. The molecule has 0 heteroatoms. The van der Waals surface area contributed by atoms with Gasteiger partial charge >= 0.3 is 0 Å². The van der Waals surface area contributed by atoms with Gasteiger partial charge in [-0.05, 0) is 77.6 Å². The van der Waals surface area contributed by atoms with Crippen LogP contribution in [0, 0.1) is 41.5 Å². The number of benzene rings is 2. The summed E-state index contributed by atoms with van der Waals surface area (Å²) >= 11 is 0. The lowest BCUT2D eigenvalue weighted by Gasteiger charge is -1.98. The van der Waals surface area contributed by atoms with Gasteiger partial charge in [-0.2, -0.15) is 0 Å². The minimum atomic E-state index is 1.35. The first-order chi connectivity index (χ1) is 11.3. The molecular formula is C24H34. The number of aryl methyl sites for hydroxylation is 6. The summed E-state index contributed by atoms with van der Waals surface area (Å²) in [4.78, 5) is 0. The standard InChI is InChI=1S/2C9H12.C6H10/c2*1-7-4-5-8(2)9(3)6-7;1-3-5-6-4-2/h2*4-6H,1-3H3;3-6H,1-2H3/b;;5-3+,6-4+. The predicted octanol–water partition coefficient (Wildman–Crippen LogP) is 7.36. The lowest BCUT2D eigenvalue weighted by molar-refractivity contribution is 1.30. The maximum absolute atomic E-state index is 2.20. The number of rotatable bonds is 1. The molecule has 130 valence electrons. The van der Waals surface area contributed by atoms with Crippen LogP contribution >= 0.6 is 0 Å². The molecule has 2 aromatic carbocycles. The summed E-state index contributed by atoms with van der Waals surface area (Å²) in [5, 5.41) is 0. The Labute approximate surface area is 150 Å². The zero-order valence-corrected chi connectivity index (χ0v) is 16.8. The van der Waals surface area contributed by atoms with E-state index in [1.807, 2.05) is 38.2 Å². The van der Waals surface area contributed by atoms with Crippen LogP contribution in [0.5, 0.6) is 0 Å². The molecule has 0 saturated heterocycles. The average Bonchev–Trinajstić information content (AvgIpc) is 2.54. The molecule has 0 amide bonds. The summed E-state index contributed by atoms with van der Waals surface area (Å²) in [6, 6.07) is 13.0. The van der Waals surface area contributed by atoms with Crippen molar-refractivity contribution in [3.8, 4) is 0 Å². The van der Waals surface area contributed by atoms with E-state index in [9.17, 15) is 0 Å². The molecule has 0 N–H and O–H groups in total. The highest BCUT2D eigenvalue weighted by Crippen LogP contribution is 2.08. The third kappa shape index (κ3) is 9.84. The second-order valence-electron chi connectivity index (χ2n) is 6.23. The molecule has 0 heterocycles. The van der Waals surface area contributed by atoms with E-state index >= 15 is 0 Å². The van der Waals surface area contributed by atoms with Crippen molar-refractivity contribution in [2.24, 2.45) is 0 Å². The molecular weight excluding hydrogens is 288 g/mol. The van der Waals surface area contributed by atoms with Crippen molar-refractivity contribution < 1.29 is 0 Å². The van der Waals surface area contributed by atoms with Crippen LogP contribution in [0.25, 0.3) is 0 Å². The topological polar surface area (TPSA) is 0 Å². The Hall–Kier alpha value is -2.08. The molecule has 0 aliphatic rings. The summed E-state index contributed by atoms with van der Waals surface area (Å²) in [5.74, 6) is 0. The van der Waals surface area contributed by atoms with E-state index in [0.29, 0.717) is 0 Å². The quantitative estimate of drug-likeness (QED) is 0.481. The fraction of sp³-hybridized carbons (Fsp3) is 0.333. The van der Waals surface area contributed by atoms with Gasteiger partial charge in [-0.15, -0.1) is 0 Å². The highest BCUT2D eigenvalue weighted by Gasteiger charge is 1.89. The Kier molecular flexibility index (Phi) is 11.3. The largest absolute Gasteiger partial charge is 0.0877 e. The maximum Gasteiger partial charge on any atom is -0.0395 e. The molecule has 0 aromatic heterocycles. The zero-order valence-electron chi connectivity index (χ0n) is 16.8. The van der Waals surface area contributed by atoms with Crippen molar-refractivity contribution in [3.05, 3.63) is 94.1 Å². The van der Waals surface area contributed by atoms with E-state index in [2.05, 4.69) is 77.9 Å². The highest BCUT2D eigenvalue weighted by molar-refractivity contribution is 5.29. The van der Waals surface area contributed by atoms with Crippen LogP contribution in [-0.2, 0) is 0 Å². The molecule has 0 atom stereocenters. The van der Waals surface area contributed by atoms with Crippen molar-refractivity contribution in [2.75, 3.05) is 0 Å². The molecule has 0 fully saturated rings. The first-order valence-corrected chi connectivity index (χ1v) is 8.63. The highest BCUT2D eigenvalue weighted by atomic mass is 14.0. The van der Waals surface area contributed by atoms with Gasteiger partial charge in [0.05, 0.1) is 0 Å². The van der Waals surface area contributed by atoms with E-state index in [1.165, 1.54) is 33.4 Å². The van der Waals surface area contributed by atoms with Crippen molar-refractivity contribution in [3.63, 3.8) is 0 Å². The Balaban J connectivity index is 0.000000340. The first kappa shape index (κ1) is 21.9. The Morgan fingerprint density at radius 3 is 1.04 bits per heavy atom. The van der Waals surface area contributed by atoms with Crippen LogP contribution in [0.2, 0.25) is 0 Å². The van der Waals surface area contributed by atoms with Gasteiger partial charge in [0.2, 0.25) is 0 Å². The van der Waals surface area contributed by atoms with Gasteiger partial charge in [-0.3, -0.25) is 0 Å². The minimum absolute atomic E-state index is 1.35. The van der Waals surface area contributed by atoms with Gasteiger partial charge < -0.3 is 0 Å². The monoisotopic (exact) mass is 322 g/mol. The molecule has 0 radical (unpaired) electrons. The molecule has 2 rings (SSSR count). The molecule has 0 bridgehead atoms. The smallest absolute Gasteiger partial charge is 0.0395 e. The minimum Gasteiger partial charge on any atom is -0.0877 e. The van der Waals surface area contributed by atoms with Crippen LogP contribution in [0.15, 0.2) is 60.7 Å². The van der Waals surface area contributed by atoms with Gasteiger partial charge in [-0.1, -0.05) is 71.8 Å². The van der Waals surface area contributed by atoms with Crippen molar-refractivity contribution >= 4 is 0 Å². The fourth-order valence-corrected chi connectivity index (χ4v) is 2.00. The van der Waals surface area contributed by atoms with Gasteiger partial charge in [0.25, 0.3) is 0 Å². The van der Waals surface area contributed by atoms with E-state index in [0.717, 1.165) is 0 Å². The fourth-order valence-electron chi connectivity index (χ4n) is 2.00. The van der Waals surface area contributed by atoms with E-state index in [-0.39, 0.29) is 0 Å². The second kappa shape index (κ2) is 12.4. The van der Waals surface area contributed by atoms with Crippen LogP contribution < -0.4 is 0 Å². The summed E-state index contributed by atoms with van der Waals surface area (Å²) in [6.07, 6.45) is 8.00. The lowest BCUT2D eigenvalue weighted by atomic mass is 10.1. The number of allylic oxidation sites excluding steroid dienone is 4. The number of hydrogen-bond acceptors (Lipinski definition) is 0. The number of hydrogen-bond donors (Lipinski definition) is 0. The van der Waals surface area contributed by atoms with Gasteiger partial charge in [0, 0.05) is 0 Å². The Morgan fingerprint density at radius 1 is 0.500 bits per heavy atom. The Morgan fingerprint density at radius 2 is 0.833 bits per heavy atom. The van der Waals surface area contributed by atoms with E-state index in [1.54, 1.807) is 0 Å². The SMILES string of the molecule is C/C=C/C=C/C.Cc1ccc(C)c(C)c1.Cc1ccc(C)c(C)c1. The Bertz CT molecular complexity index is 598. The van der Waals surface area contributed by atoms with Crippen LogP contribution in [0.1, 0.15) is 47.2 Å². The third-order valence-electron chi connectivity index (χ3n) is 3.82. The first-order valence-electron chi connectivity index (χ1n) is 8.63. The van der Waals surface area contributed by atoms with E-state index < -0.39 is 0 Å². The van der Waals surface area contributed by atoms with Gasteiger partial charge in [0.1, 0.15) is 0 Å². The summed E-state index contributed by atoms with van der Waals surface area (Å²) in [6.45, 7) is 16.8. The molecule has 0 nitrogen and oxygen atoms in total. The molecule has 0 aliphatic heterocycles. The van der Waals surface area contributed by atoms with Crippen LogP contribution in [0.4, 0.5) is 0 Å². The average molecular weight is 323 g/mol. The van der Waals surface area contributed by atoms with Crippen LogP contribution in [-0.4, -0.2) is 0 Å². The van der Waals surface area contributed by atoms with Gasteiger partial charge in [0.15, 0.2) is 0 Å². The molecule has 0 spiro atoms. The van der Waals surface area contributed by atoms with E-state index in [4.69, 9.17) is 0 Å². The lowest BCUT2D eigenvalue weighted by Crippen LogP contribution is -1.79. The third-order valence-corrected chi connectivity index (χ3v) is 3.82. The maximum atomic E-state index is 2.20. The van der Waals surface area contributed by atoms with Gasteiger partial charge in [-0.25, -0.2) is 0 Å². The zero-order chi connectivity index (χ0) is 18.5. The summed E-state index contributed by atoms with van der Waals surface area (Å²) < 4.78 is 0. The molecule has 2 aromatic rings.